The second-order valence-electron chi connectivity index (χ2n) is 3.24. The number of alkyl halides is 3. The second-order valence-corrected chi connectivity index (χ2v) is 3.24. The molecular weight excluding hydrogens is 207 g/mol. The van der Waals surface area contributed by atoms with Crippen molar-refractivity contribution in [2.24, 2.45) is 0 Å². The van der Waals surface area contributed by atoms with Gasteiger partial charge in [-0.2, -0.15) is 13.2 Å². The number of nitrogens with one attached hydrogen (secondary N) is 1. The van der Waals surface area contributed by atoms with Gasteiger partial charge in [0.25, 0.3) is 0 Å². The van der Waals surface area contributed by atoms with E-state index in [1.54, 1.807) is 6.92 Å². The Labute approximate surface area is 83.1 Å². The van der Waals surface area contributed by atoms with Gasteiger partial charge in [0, 0.05) is 0 Å². The smallest absolute Gasteiger partial charge is 0.396 e. The number of hydrogen-bond donors (Lipinski definition) is 2. The lowest BCUT2D eigenvalue weighted by molar-refractivity contribution is -0.136. The summed E-state index contributed by atoms with van der Waals surface area (Å²) in [6.45, 7) is 1.66. The molecule has 0 fully saturated rings. The highest BCUT2D eigenvalue weighted by Crippen LogP contribution is 2.36. The Balaban J connectivity index is 2.75. The summed E-state index contributed by atoms with van der Waals surface area (Å²) in [6.07, 6.45) is -4.44. The maximum atomic E-state index is 12.5. The molecule has 3 N–H and O–H groups in total. The number of aryl methyl sites for hydroxylation is 1. The molecule has 0 saturated heterocycles. The fourth-order valence-corrected chi connectivity index (χ4v) is 1.47. The lowest BCUT2D eigenvalue weighted by Gasteiger charge is -2.09. The summed E-state index contributed by atoms with van der Waals surface area (Å²) in [7, 11) is 0. The summed E-state index contributed by atoms with van der Waals surface area (Å²) in [5.41, 5.74) is 4.92. The second kappa shape index (κ2) is 2.88. The highest BCUT2D eigenvalue weighted by atomic mass is 19.4. The molecule has 6 heteroatoms. The SMILES string of the molecule is Cc1nc2c(N)c(C(F)(F)F)ccc2[nH]1. The van der Waals surface area contributed by atoms with E-state index in [0.717, 1.165) is 6.07 Å². The lowest BCUT2D eigenvalue weighted by Crippen LogP contribution is -2.08. The molecule has 2 aromatic rings. The Bertz CT molecular complexity index is 513. The van der Waals surface area contributed by atoms with Crippen LogP contribution in [0.3, 0.4) is 0 Å². The van der Waals surface area contributed by atoms with Crippen LogP contribution in [0.25, 0.3) is 11.0 Å². The summed E-state index contributed by atoms with van der Waals surface area (Å²) in [6, 6.07) is 2.28. The topological polar surface area (TPSA) is 54.7 Å². The van der Waals surface area contributed by atoms with E-state index in [0.29, 0.717) is 11.3 Å². The average molecular weight is 215 g/mol. The van der Waals surface area contributed by atoms with Gasteiger partial charge in [-0.15, -0.1) is 0 Å². The first-order valence-electron chi connectivity index (χ1n) is 4.21. The van der Waals surface area contributed by atoms with Crippen LogP contribution in [0.4, 0.5) is 18.9 Å². The number of hydrogen-bond acceptors (Lipinski definition) is 2. The van der Waals surface area contributed by atoms with Crippen LogP contribution in [-0.4, -0.2) is 9.97 Å². The molecule has 0 aliphatic rings. The van der Waals surface area contributed by atoms with Crippen LogP contribution in [-0.2, 0) is 6.18 Å². The van der Waals surface area contributed by atoms with E-state index in [1.807, 2.05) is 0 Å². The van der Waals surface area contributed by atoms with E-state index >= 15 is 0 Å². The Morgan fingerprint density at radius 1 is 1.33 bits per heavy atom. The molecule has 0 aliphatic carbocycles. The van der Waals surface area contributed by atoms with E-state index < -0.39 is 11.7 Å². The Morgan fingerprint density at radius 3 is 2.60 bits per heavy atom. The maximum absolute atomic E-state index is 12.5. The normalized spacial score (nSPS) is 12.3. The molecule has 80 valence electrons. The molecule has 0 bridgehead atoms. The molecule has 0 aliphatic heterocycles. The summed E-state index contributed by atoms with van der Waals surface area (Å²) < 4.78 is 37.4. The highest BCUT2D eigenvalue weighted by Gasteiger charge is 2.33. The number of H-pyrrole nitrogens is 1. The van der Waals surface area contributed by atoms with E-state index in [9.17, 15) is 13.2 Å². The van der Waals surface area contributed by atoms with Gasteiger partial charge in [0.2, 0.25) is 0 Å². The lowest BCUT2D eigenvalue weighted by atomic mass is 10.1. The van der Waals surface area contributed by atoms with Crippen molar-refractivity contribution in [3.05, 3.63) is 23.5 Å². The van der Waals surface area contributed by atoms with Gasteiger partial charge in [0.05, 0.1) is 16.8 Å². The van der Waals surface area contributed by atoms with Crippen molar-refractivity contribution >= 4 is 16.7 Å². The highest BCUT2D eigenvalue weighted by molar-refractivity contribution is 5.89. The van der Waals surface area contributed by atoms with Gasteiger partial charge in [0.15, 0.2) is 0 Å². The summed E-state index contributed by atoms with van der Waals surface area (Å²) in [5, 5.41) is 0. The van der Waals surface area contributed by atoms with Crippen molar-refractivity contribution in [3.63, 3.8) is 0 Å². The summed E-state index contributed by atoms with van der Waals surface area (Å²) >= 11 is 0. The van der Waals surface area contributed by atoms with Crippen molar-refractivity contribution in [3.8, 4) is 0 Å². The van der Waals surface area contributed by atoms with E-state index in [-0.39, 0.29) is 11.2 Å². The molecule has 1 heterocycles. The third kappa shape index (κ3) is 1.51. The molecule has 0 amide bonds. The number of aromatic amines is 1. The first-order chi connectivity index (χ1) is 6.89. The summed E-state index contributed by atoms with van der Waals surface area (Å²) in [5.74, 6) is 0.538. The van der Waals surface area contributed by atoms with Gasteiger partial charge in [0.1, 0.15) is 11.3 Å². The number of benzene rings is 1. The number of anilines is 1. The zero-order valence-corrected chi connectivity index (χ0v) is 7.81. The molecule has 0 saturated carbocycles. The van der Waals surface area contributed by atoms with Crippen molar-refractivity contribution in [1.29, 1.82) is 0 Å². The fourth-order valence-electron chi connectivity index (χ4n) is 1.47. The van der Waals surface area contributed by atoms with E-state index in [4.69, 9.17) is 5.73 Å². The molecule has 0 unspecified atom stereocenters. The first kappa shape index (κ1) is 9.82. The van der Waals surface area contributed by atoms with Gasteiger partial charge in [-0.3, -0.25) is 0 Å². The number of nitrogen functional groups attached to an aromatic ring is 1. The quantitative estimate of drug-likeness (QED) is 0.663. The molecule has 1 aromatic heterocycles. The number of nitrogens with two attached hydrogens (primary N) is 1. The van der Waals surface area contributed by atoms with Crippen molar-refractivity contribution in [2.45, 2.75) is 13.1 Å². The van der Waals surface area contributed by atoms with Crippen LogP contribution < -0.4 is 5.73 Å². The van der Waals surface area contributed by atoms with Crippen LogP contribution in [0.2, 0.25) is 0 Å². The van der Waals surface area contributed by atoms with Crippen LogP contribution in [0.15, 0.2) is 12.1 Å². The monoisotopic (exact) mass is 215 g/mol. The molecule has 2 rings (SSSR count). The third-order valence-electron chi connectivity index (χ3n) is 2.12. The van der Waals surface area contributed by atoms with Gasteiger partial charge < -0.3 is 10.7 Å². The van der Waals surface area contributed by atoms with Gasteiger partial charge >= 0.3 is 6.18 Å². The van der Waals surface area contributed by atoms with Crippen molar-refractivity contribution in [1.82, 2.24) is 9.97 Å². The minimum absolute atomic E-state index is 0.169. The fraction of sp³-hybridized carbons (Fsp3) is 0.222. The van der Waals surface area contributed by atoms with E-state index in [2.05, 4.69) is 9.97 Å². The van der Waals surface area contributed by atoms with Crippen molar-refractivity contribution < 1.29 is 13.2 Å². The van der Waals surface area contributed by atoms with E-state index in [1.165, 1.54) is 6.07 Å². The molecule has 3 nitrogen and oxygen atoms in total. The average Bonchev–Trinajstić information content (AvgIpc) is 2.44. The molecule has 0 atom stereocenters. The third-order valence-corrected chi connectivity index (χ3v) is 2.12. The van der Waals surface area contributed by atoms with Crippen LogP contribution in [0.1, 0.15) is 11.4 Å². The number of fused-ring (bicyclic) bond motifs is 1. The number of rotatable bonds is 0. The minimum atomic E-state index is -4.44. The Morgan fingerprint density at radius 2 is 2.00 bits per heavy atom. The summed E-state index contributed by atoms with van der Waals surface area (Å²) in [4.78, 5) is 6.73. The van der Waals surface area contributed by atoms with Gasteiger partial charge in [-0.1, -0.05) is 0 Å². The molecule has 0 spiro atoms. The van der Waals surface area contributed by atoms with Gasteiger partial charge in [-0.25, -0.2) is 4.98 Å². The molecule has 1 aromatic carbocycles. The Kier molecular flexibility index (Phi) is 1.89. The van der Waals surface area contributed by atoms with Crippen LogP contribution >= 0.6 is 0 Å². The maximum Gasteiger partial charge on any atom is 0.418 e. The number of halogens is 3. The zero-order valence-electron chi connectivity index (χ0n) is 7.81. The Hall–Kier alpha value is -1.72. The van der Waals surface area contributed by atoms with Crippen LogP contribution in [0.5, 0.6) is 0 Å². The molecule has 15 heavy (non-hydrogen) atoms. The van der Waals surface area contributed by atoms with Crippen LogP contribution in [0, 0.1) is 6.92 Å². The molecule has 0 radical (unpaired) electrons. The number of nitrogens with zero attached hydrogens (tertiary/aromatic N) is 1. The standard InChI is InChI=1S/C9H8F3N3/c1-4-14-6-3-2-5(9(10,11)12)7(13)8(6)15-4/h2-3H,13H2,1H3,(H,14,15). The van der Waals surface area contributed by atoms with Gasteiger partial charge in [-0.05, 0) is 19.1 Å². The minimum Gasteiger partial charge on any atom is -0.396 e. The van der Waals surface area contributed by atoms with Crippen molar-refractivity contribution in [2.75, 3.05) is 5.73 Å². The largest absolute Gasteiger partial charge is 0.418 e. The predicted molar refractivity (Wildman–Crippen MR) is 50.2 cm³/mol. The first-order valence-corrected chi connectivity index (χ1v) is 4.21. The molecular formula is C9H8F3N3. The zero-order chi connectivity index (χ0) is 11.2. The number of imidazole rings is 1. The number of aromatic nitrogens is 2. The predicted octanol–water partition coefficient (Wildman–Crippen LogP) is 2.47.